The van der Waals surface area contributed by atoms with E-state index in [-0.39, 0.29) is 5.91 Å². The summed E-state index contributed by atoms with van der Waals surface area (Å²) in [6, 6.07) is 9.98. The Morgan fingerprint density at radius 1 is 1.41 bits per heavy atom. The Balaban J connectivity index is 1.72. The summed E-state index contributed by atoms with van der Waals surface area (Å²) in [4.78, 5) is 18.1. The largest absolute Gasteiger partial charge is 0.350 e. The van der Waals surface area contributed by atoms with E-state index >= 15 is 0 Å². The summed E-state index contributed by atoms with van der Waals surface area (Å²) in [5.41, 5.74) is 1.33. The second-order valence-electron chi connectivity index (χ2n) is 4.61. The number of carbonyl (C=O) groups excluding carboxylic acids is 1. The smallest absolute Gasteiger partial charge is 0.272 e. The van der Waals surface area contributed by atoms with Gasteiger partial charge in [0.2, 0.25) is 0 Å². The summed E-state index contributed by atoms with van der Waals surface area (Å²) in [6.07, 6.45) is 4.74. The van der Waals surface area contributed by atoms with Gasteiger partial charge in [-0.1, -0.05) is 17.8 Å². The fraction of sp³-hybridized carbons (Fsp3) is 0.200. The molecule has 22 heavy (non-hydrogen) atoms. The molecule has 3 rings (SSSR count). The first kappa shape index (κ1) is 15.8. The number of carbonyl (C=O) groups is 1. The molecule has 0 aromatic carbocycles. The number of nitrogens with zero attached hydrogens (tertiary/aromatic N) is 2. The number of rotatable bonds is 5. The molecule has 1 amide bonds. The molecule has 0 spiro atoms. The van der Waals surface area contributed by atoms with E-state index < -0.39 is 0 Å². The van der Waals surface area contributed by atoms with Crippen molar-refractivity contribution in [2.75, 3.05) is 12.8 Å². The van der Waals surface area contributed by atoms with Gasteiger partial charge in [0, 0.05) is 17.6 Å². The number of amides is 1. The third-order valence-corrected chi connectivity index (χ3v) is 5.81. The molecule has 0 bridgehead atoms. The summed E-state index contributed by atoms with van der Waals surface area (Å²) in [6.45, 7) is 0.621. The van der Waals surface area contributed by atoms with Gasteiger partial charge >= 0.3 is 0 Å². The monoisotopic (exact) mass is 443 g/mol. The van der Waals surface area contributed by atoms with Crippen LogP contribution in [0.1, 0.15) is 15.4 Å². The molecule has 7 heteroatoms. The van der Waals surface area contributed by atoms with Crippen molar-refractivity contribution in [2.24, 2.45) is 0 Å². The summed E-state index contributed by atoms with van der Waals surface area (Å²) in [5.74, 6) is -0.116. The minimum atomic E-state index is -0.116. The van der Waals surface area contributed by atoms with E-state index in [0.29, 0.717) is 12.2 Å². The maximum atomic E-state index is 12.4. The molecule has 0 atom stereocenters. The standard InChI is InChI=1S/C15H14IN3OS2/c1-21-15-18-13(11-4-2-3-9-19(11)15)14(20)17-8-7-10-5-6-12(16)22-10/h2-6,9H,7-8H2,1H3,(H,17,20). The van der Waals surface area contributed by atoms with E-state index in [1.54, 1.807) is 11.3 Å². The highest BCUT2D eigenvalue weighted by atomic mass is 127. The zero-order chi connectivity index (χ0) is 15.5. The Kier molecular flexibility index (Phi) is 5.04. The molecule has 0 saturated carbocycles. The number of thiophene rings is 1. The second-order valence-corrected chi connectivity index (χ2v) is 8.45. The van der Waals surface area contributed by atoms with Gasteiger partial charge in [-0.05, 0) is 59.5 Å². The van der Waals surface area contributed by atoms with E-state index in [9.17, 15) is 4.79 Å². The van der Waals surface area contributed by atoms with Gasteiger partial charge in [-0.3, -0.25) is 9.20 Å². The Bertz CT molecular complexity index is 812. The van der Waals surface area contributed by atoms with Crippen LogP contribution in [-0.2, 0) is 6.42 Å². The highest BCUT2D eigenvalue weighted by Crippen LogP contribution is 2.20. The number of thioether (sulfide) groups is 1. The molecule has 3 heterocycles. The molecule has 0 fully saturated rings. The average Bonchev–Trinajstić information content (AvgIpc) is 3.10. The van der Waals surface area contributed by atoms with Crippen molar-refractivity contribution >= 4 is 57.1 Å². The molecule has 0 aliphatic heterocycles. The van der Waals surface area contributed by atoms with E-state index in [1.165, 1.54) is 19.5 Å². The third-order valence-electron chi connectivity index (χ3n) is 3.20. The Morgan fingerprint density at radius 3 is 3.00 bits per heavy atom. The lowest BCUT2D eigenvalue weighted by Gasteiger charge is -2.02. The van der Waals surface area contributed by atoms with E-state index in [4.69, 9.17) is 0 Å². The Labute approximate surface area is 150 Å². The average molecular weight is 443 g/mol. The van der Waals surface area contributed by atoms with Gasteiger partial charge in [0.15, 0.2) is 10.9 Å². The van der Waals surface area contributed by atoms with Crippen LogP contribution in [0.4, 0.5) is 0 Å². The van der Waals surface area contributed by atoms with Gasteiger partial charge in [-0.15, -0.1) is 11.3 Å². The number of imidazole rings is 1. The van der Waals surface area contributed by atoms with E-state index in [0.717, 1.165) is 17.1 Å². The van der Waals surface area contributed by atoms with Crippen LogP contribution in [0, 0.1) is 2.88 Å². The fourth-order valence-electron chi connectivity index (χ4n) is 2.19. The normalized spacial score (nSPS) is 11.0. The van der Waals surface area contributed by atoms with Gasteiger partial charge < -0.3 is 5.32 Å². The molecule has 0 unspecified atom stereocenters. The number of hydrogen-bond acceptors (Lipinski definition) is 4. The molecule has 0 aliphatic carbocycles. The maximum absolute atomic E-state index is 12.4. The van der Waals surface area contributed by atoms with Crippen LogP contribution in [-0.4, -0.2) is 28.1 Å². The van der Waals surface area contributed by atoms with Crippen LogP contribution < -0.4 is 5.32 Å². The van der Waals surface area contributed by atoms with Crippen LogP contribution in [0.5, 0.6) is 0 Å². The number of aromatic nitrogens is 2. The number of hydrogen-bond donors (Lipinski definition) is 1. The number of halogens is 1. The molecular formula is C15H14IN3OS2. The Hall–Kier alpha value is -1.06. The highest BCUT2D eigenvalue weighted by molar-refractivity contribution is 14.1. The molecule has 0 aliphatic rings. The second kappa shape index (κ2) is 7.01. The zero-order valence-electron chi connectivity index (χ0n) is 11.9. The first-order valence-electron chi connectivity index (χ1n) is 6.72. The van der Waals surface area contributed by atoms with Gasteiger partial charge in [-0.2, -0.15) is 0 Å². The first-order chi connectivity index (χ1) is 10.7. The predicted octanol–water partition coefficient (Wildman–Crippen LogP) is 3.69. The quantitative estimate of drug-likeness (QED) is 0.484. The molecular weight excluding hydrogens is 429 g/mol. The van der Waals surface area contributed by atoms with Crippen LogP contribution in [0.2, 0.25) is 0 Å². The molecule has 4 nitrogen and oxygen atoms in total. The maximum Gasteiger partial charge on any atom is 0.272 e. The van der Waals surface area contributed by atoms with Crippen LogP contribution in [0.25, 0.3) is 5.52 Å². The van der Waals surface area contributed by atoms with Crippen molar-refractivity contribution in [3.05, 3.63) is 50.0 Å². The van der Waals surface area contributed by atoms with Gasteiger partial charge in [-0.25, -0.2) is 4.98 Å². The van der Waals surface area contributed by atoms with Crippen LogP contribution >= 0.6 is 45.7 Å². The highest BCUT2D eigenvalue weighted by Gasteiger charge is 2.16. The predicted molar refractivity (Wildman–Crippen MR) is 100 cm³/mol. The Morgan fingerprint density at radius 2 is 2.27 bits per heavy atom. The van der Waals surface area contributed by atoms with E-state index in [2.05, 4.69) is 45.0 Å². The minimum Gasteiger partial charge on any atom is -0.350 e. The third kappa shape index (κ3) is 3.31. The summed E-state index contributed by atoms with van der Waals surface area (Å²) >= 11 is 5.60. The topological polar surface area (TPSA) is 46.4 Å². The molecule has 0 radical (unpaired) electrons. The summed E-state index contributed by atoms with van der Waals surface area (Å²) < 4.78 is 3.21. The van der Waals surface area contributed by atoms with Crippen molar-refractivity contribution < 1.29 is 4.79 Å². The van der Waals surface area contributed by atoms with Crippen molar-refractivity contribution in [3.8, 4) is 0 Å². The molecule has 3 aromatic rings. The molecule has 1 N–H and O–H groups in total. The first-order valence-corrected chi connectivity index (χ1v) is 9.84. The molecule has 0 saturated heterocycles. The molecule has 3 aromatic heterocycles. The number of pyridine rings is 1. The van der Waals surface area contributed by atoms with Crippen molar-refractivity contribution in [1.82, 2.24) is 14.7 Å². The lowest BCUT2D eigenvalue weighted by atomic mass is 10.3. The van der Waals surface area contributed by atoms with Gasteiger partial charge in [0.25, 0.3) is 5.91 Å². The lowest BCUT2D eigenvalue weighted by molar-refractivity contribution is 0.0951. The number of nitrogens with one attached hydrogen (secondary N) is 1. The SMILES string of the molecule is CSc1nc(C(=O)NCCc2ccc(I)s2)c2ccccn12. The van der Waals surface area contributed by atoms with Crippen LogP contribution in [0.15, 0.2) is 41.7 Å². The van der Waals surface area contributed by atoms with Crippen LogP contribution in [0.3, 0.4) is 0 Å². The van der Waals surface area contributed by atoms with Crippen molar-refractivity contribution in [1.29, 1.82) is 0 Å². The lowest BCUT2D eigenvalue weighted by Crippen LogP contribution is -2.26. The molecule has 114 valence electrons. The van der Waals surface area contributed by atoms with Gasteiger partial charge in [0.1, 0.15) is 0 Å². The zero-order valence-corrected chi connectivity index (χ0v) is 15.7. The van der Waals surface area contributed by atoms with E-state index in [1.807, 2.05) is 35.1 Å². The van der Waals surface area contributed by atoms with Crippen molar-refractivity contribution in [3.63, 3.8) is 0 Å². The number of fused-ring (bicyclic) bond motifs is 1. The summed E-state index contributed by atoms with van der Waals surface area (Å²) in [7, 11) is 0. The van der Waals surface area contributed by atoms with Gasteiger partial charge in [0.05, 0.1) is 8.40 Å². The van der Waals surface area contributed by atoms with Crippen molar-refractivity contribution in [2.45, 2.75) is 11.6 Å². The summed E-state index contributed by atoms with van der Waals surface area (Å²) in [5, 5.41) is 3.79. The fourth-order valence-corrected chi connectivity index (χ4v) is 4.48. The minimum absolute atomic E-state index is 0.116.